The molecular formula is C38H58N3O2+. The van der Waals surface area contributed by atoms with E-state index in [4.69, 9.17) is 9.98 Å². The predicted octanol–water partition coefficient (Wildman–Crippen LogP) is 7.41. The summed E-state index contributed by atoms with van der Waals surface area (Å²) in [7, 11) is 0. The molecule has 236 valence electrons. The van der Waals surface area contributed by atoms with Crippen molar-refractivity contribution in [1.29, 1.82) is 0 Å². The lowest BCUT2D eigenvalue weighted by Gasteiger charge is -2.28. The molecule has 2 aromatic rings. The number of hydrogen-bond donors (Lipinski definition) is 3. The normalized spacial score (nSPS) is 21.2. The third-order valence-corrected chi connectivity index (χ3v) is 9.40. The zero-order valence-electron chi connectivity index (χ0n) is 28.5. The van der Waals surface area contributed by atoms with E-state index in [1.165, 1.54) is 43.5 Å². The van der Waals surface area contributed by atoms with Crippen LogP contribution in [0.25, 0.3) is 0 Å². The van der Waals surface area contributed by atoms with Crippen LogP contribution in [0.2, 0.25) is 0 Å². The summed E-state index contributed by atoms with van der Waals surface area (Å²) in [6.45, 7) is 23.0. The average Bonchev–Trinajstić information content (AvgIpc) is 2.92. The van der Waals surface area contributed by atoms with Crippen molar-refractivity contribution in [1.82, 2.24) is 0 Å². The Balaban J connectivity index is 1.64. The Bertz CT molecular complexity index is 1310. The highest BCUT2D eigenvalue weighted by Crippen LogP contribution is 2.37. The van der Waals surface area contributed by atoms with Crippen LogP contribution in [0.15, 0.2) is 34.3 Å². The quantitative estimate of drug-likeness (QED) is 0.308. The molecule has 5 nitrogen and oxygen atoms in total. The van der Waals surface area contributed by atoms with Crippen molar-refractivity contribution < 1.29 is 15.1 Å². The highest BCUT2D eigenvalue weighted by atomic mass is 16.3. The Morgan fingerprint density at radius 3 is 1.63 bits per heavy atom. The van der Waals surface area contributed by atoms with E-state index in [-0.39, 0.29) is 28.3 Å². The molecule has 1 aliphatic carbocycles. The second-order valence-corrected chi connectivity index (χ2v) is 16.2. The highest BCUT2D eigenvalue weighted by Gasteiger charge is 2.27. The fourth-order valence-electron chi connectivity index (χ4n) is 6.43. The summed E-state index contributed by atoms with van der Waals surface area (Å²) >= 11 is 0. The van der Waals surface area contributed by atoms with E-state index in [1.54, 1.807) is 4.90 Å². The molecule has 2 fully saturated rings. The number of aromatic hydroxyl groups is 2. The molecule has 2 aromatic carbocycles. The maximum absolute atomic E-state index is 11.4. The van der Waals surface area contributed by atoms with Crippen molar-refractivity contribution in [3.8, 4) is 11.5 Å². The van der Waals surface area contributed by atoms with E-state index in [1.807, 2.05) is 12.4 Å². The van der Waals surface area contributed by atoms with Crippen LogP contribution in [0, 0.1) is 0 Å². The SMILES string of the molecule is CC(C)(C)c1cc(C=N[C@@H]2CCCC[C@H]2N=Cc2cc(C(C)(C)C)cc(C(C)(C)C)c2O)c(O)c(C[NH+]2CCCCC2)c1. The van der Waals surface area contributed by atoms with Gasteiger partial charge >= 0.3 is 0 Å². The molecule has 3 N–H and O–H groups in total. The molecule has 1 saturated carbocycles. The van der Waals surface area contributed by atoms with Gasteiger partial charge in [-0.25, -0.2) is 0 Å². The average molecular weight is 589 g/mol. The summed E-state index contributed by atoms with van der Waals surface area (Å²) in [4.78, 5) is 11.7. The standard InChI is InChI=1S/C38H57N3O2/c1-36(2,3)29-19-26(34(42)28(21-29)25-41-17-13-10-14-18-41)23-39-32-15-11-12-16-33(32)40-24-27-20-30(37(4,5)6)22-31(35(27)43)38(7,8)9/h19-24,32-33,42-43H,10-18,25H2,1-9H3/p+1/t32-,33-/m1/s1. The van der Waals surface area contributed by atoms with Crippen LogP contribution in [-0.2, 0) is 22.8 Å². The molecule has 0 aromatic heterocycles. The molecule has 1 heterocycles. The van der Waals surface area contributed by atoms with Gasteiger partial charge in [-0.2, -0.15) is 0 Å². The third-order valence-electron chi connectivity index (χ3n) is 9.40. The molecule has 5 heteroatoms. The minimum atomic E-state index is -0.177. The molecule has 0 unspecified atom stereocenters. The zero-order valence-corrected chi connectivity index (χ0v) is 28.5. The Hall–Kier alpha value is -2.66. The summed E-state index contributed by atoms with van der Waals surface area (Å²) in [5, 5.41) is 22.7. The molecule has 0 amide bonds. The number of nitrogens with zero attached hydrogens (tertiary/aromatic N) is 2. The molecule has 0 bridgehead atoms. The molecule has 2 atom stereocenters. The highest BCUT2D eigenvalue weighted by molar-refractivity contribution is 5.86. The van der Waals surface area contributed by atoms with E-state index < -0.39 is 0 Å². The van der Waals surface area contributed by atoms with Gasteiger partial charge in [0.05, 0.1) is 25.2 Å². The first-order valence-electron chi connectivity index (χ1n) is 16.7. The number of likely N-dealkylation sites (tertiary alicyclic amines) is 1. The Morgan fingerprint density at radius 1 is 0.651 bits per heavy atom. The van der Waals surface area contributed by atoms with Crippen LogP contribution < -0.4 is 4.90 Å². The Morgan fingerprint density at radius 2 is 1.14 bits per heavy atom. The largest absolute Gasteiger partial charge is 0.507 e. The van der Waals surface area contributed by atoms with Gasteiger partial charge in [-0.15, -0.1) is 0 Å². The van der Waals surface area contributed by atoms with Crippen molar-refractivity contribution in [3.63, 3.8) is 0 Å². The zero-order chi connectivity index (χ0) is 31.6. The van der Waals surface area contributed by atoms with E-state index in [0.717, 1.165) is 54.5 Å². The summed E-state index contributed by atoms with van der Waals surface area (Å²) in [5.41, 5.74) is 5.80. The second kappa shape index (κ2) is 13.1. The lowest BCUT2D eigenvalue weighted by Crippen LogP contribution is -3.11. The first-order chi connectivity index (χ1) is 20.0. The van der Waals surface area contributed by atoms with E-state index in [2.05, 4.69) is 86.6 Å². The van der Waals surface area contributed by atoms with Crippen molar-refractivity contribution in [2.24, 2.45) is 9.98 Å². The minimum absolute atomic E-state index is 0.0184. The van der Waals surface area contributed by atoms with Crippen LogP contribution in [0.1, 0.15) is 141 Å². The maximum Gasteiger partial charge on any atom is 0.133 e. The fourth-order valence-corrected chi connectivity index (χ4v) is 6.43. The van der Waals surface area contributed by atoms with Gasteiger partial charge in [0.1, 0.15) is 18.0 Å². The maximum atomic E-state index is 11.4. The number of benzene rings is 2. The van der Waals surface area contributed by atoms with Crippen LogP contribution >= 0.6 is 0 Å². The van der Waals surface area contributed by atoms with Gasteiger partial charge in [0.25, 0.3) is 0 Å². The van der Waals surface area contributed by atoms with Gasteiger partial charge in [0.2, 0.25) is 0 Å². The van der Waals surface area contributed by atoms with Gasteiger partial charge in [-0.3, -0.25) is 9.98 Å². The summed E-state index contributed by atoms with van der Waals surface area (Å²) < 4.78 is 0. The summed E-state index contributed by atoms with van der Waals surface area (Å²) in [5.74, 6) is 0.705. The van der Waals surface area contributed by atoms with Crippen LogP contribution in [0.3, 0.4) is 0 Å². The van der Waals surface area contributed by atoms with E-state index in [9.17, 15) is 10.2 Å². The number of hydrogen-bond acceptors (Lipinski definition) is 4. The van der Waals surface area contributed by atoms with Gasteiger partial charge in [-0.05, 0) is 77.7 Å². The van der Waals surface area contributed by atoms with Gasteiger partial charge in [0.15, 0.2) is 0 Å². The minimum Gasteiger partial charge on any atom is -0.507 e. The number of rotatable bonds is 6. The number of phenolic OH excluding ortho intramolecular Hbond substituents is 2. The van der Waals surface area contributed by atoms with Gasteiger partial charge < -0.3 is 15.1 Å². The molecule has 2 aliphatic rings. The lowest BCUT2D eigenvalue weighted by molar-refractivity contribution is -0.918. The Labute approximate surface area is 261 Å². The second-order valence-electron chi connectivity index (χ2n) is 16.2. The van der Waals surface area contributed by atoms with Crippen molar-refractivity contribution in [2.75, 3.05) is 13.1 Å². The smallest absolute Gasteiger partial charge is 0.133 e. The summed E-state index contributed by atoms with van der Waals surface area (Å²) in [6.07, 6.45) is 11.9. The number of piperidine rings is 1. The van der Waals surface area contributed by atoms with Gasteiger partial charge in [0, 0.05) is 34.7 Å². The molecule has 43 heavy (non-hydrogen) atoms. The van der Waals surface area contributed by atoms with Crippen molar-refractivity contribution in [3.05, 3.63) is 57.6 Å². The molecule has 1 aliphatic heterocycles. The third kappa shape index (κ3) is 8.50. The van der Waals surface area contributed by atoms with Gasteiger partial charge in [-0.1, -0.05) is 81.2 Å². The topological polar surface area (TPSA) is 69.6 Å². The predicted molar refractivity (Wildman–Crippen MR) is 182 cm³/mol. The monoisotopic (exact) mass is 588 g/mol. The first-order valence-corrected chi connectivity index (χ1v) is 16.7. The van der Waals surface area contributed by atoms with E-state index in [0.29, 0.717) is 11.5 Å². The fraction of sp³-hybridized carbons (Fsp3) is 0.632. The van der Waals surface area contributed by atoms with Crippen LogP contribution in [-0.4, -0.2) is 47.8 Å². The number of aliphatic imine (C=N–C) groups is 2. The molecular weight excluding hydrogens is 530 g/mol. The van der Waals surface area contributed by atoms with Crippen LogP contribution in [0.4, 0.5) is 0 Å². The lowest BCUT2D eigenvalue weighted by atomic mass is 9.79. The number of phenols is 2. The van der Waals surface area contributed by atoms with E-state index >= 15 is 0 Å². The summed E-state index contributed by atoms with van der Waals surface area (Å²) in [6, 6.07) is 8.68. The molecule has 0 radical (unpaired) electrons. The molecule has 0 spiro atoms. The molecule has 1 saturated heterocycles. The van der Waals surface area contributed by atoms with Crippen molar-refractivity contribution in [2.45, 2.75) is 142 Å². The Kier molecular flexibility index (Phi) is 10.2. The number of quaternary nitrogens is 1. The number of nitrogens with one attached hydrogen (secondary N) is 1. The van der Waals surface area contributed by atoms with Crippen molar-refractivity contribution >= 4 is 12.4 Å². The molecule has 4 rings (SSSR count). The first kappa shape index (κ1) is 33.2. The van der Waals surface area contributed by atoms with Crippen LogP contribution in [0.5, 0.6) is 11.5 Å².